The highest BCUT2D eigenvalue weighted by Crippen LogP contribution is 2.27. The average molecular weight is 437 g/mol. The summed E-state index contributed by atoms with van der Waals surface area (Å²) in [6, 6.07) is 21.3. The molecule has 0 amide bonds. The summed E-state index contributed by atoms with van der Waals surface area (Å²) < 4.78 is 12.6. The van der Waals surface area contributed by atoms with E-state index in [1.807, 2.05) is 18.2 Å². The molecule has 1 unspecified atom stereocenters. The van der Waals surface area contributed by atoms with Crippen LogP contribution in [0.2, 0.25) is 5.02 Å². The second kappa shape index (κ2) is 10.6. The number of carbonyl (C=O) groups excluding carboxylic acids is 1. The van der Waals surface area contributed by atoms with Gasteiger partial charge in [-0.1, -0.05) is 48.0 Å². The van der Waals surface area contributed by atoms with Gasteiger partial charge < -0.3 is 4.55 Å². The molecule has 0 aromatic heterocycles. The van der Waals surface area contributed by atoms with Crippen LogP contribution in [0.1, 0.15) is 45.5 Å². The van der Waals surface area contributed by atoms with E-state index in [1.54, 1.807) is 24.3 Å². The summed E-state index contributed by atoms with van der Waals surface area (Å²) in [5, 5.41) is 0.706. The van der Waals surface area contributed by atoms with Gasteiger partial charge in [0.15, 0.2) is 4.90 Å². The average Bonchev–Trinajstić information content (AvgIpc) is 2.75. The minimum atomic E-state index is -1.09. The SMILES string of the molecule is Cc1ccc(/C=C(\CCC[S+]([O-])c2ccc(C=O)cc2)c2cccc(Cl)c2)cc1C. The molecule has 154 valence electrons. The fourth-order valence-electron chi connectivity index (χ4n) is 3.25. The summed E-state index contributed by atoms with van der Waals surface area (Å²) in [4.78, 5) is 11.5. The van der Waals surface area contributed by atoms with Crippen molar-refractivity contribution in [1.82, 2.24) is 0 Å². The standard InChI is InChI=1S/C26H25ClO2S/c1-19-8-9-22(15-20(19)2)16-23(24-5-3-7-25(27)17-24)6-4-14-30(29)26-12-10-21(18-28)11-13-26/h3,5,7-13,15-18H,4,6,14H2,1-2H3/b23-16+. The van der Waals surface area contributed by atoms with Crippen LogP contribution in [0.5, 0.6) is 0 Å². The first kappa shape index (κ1) is 22.4. The van der Waals surface area contributed by atoms with E-state index < -0.39 is 11.2 Å². The molecule has 0 aliphatic heterocycles. The van der Waals surface area contributed by atoms with E-state index in [0.717, 1.165) is 35.2 Å². The van der Waals surface area contributed by atoms with Crippen LogP contribution in [0.4, 0.5) is 0 Å². The smallest absolute Gasteiger partial charge is 0.152 e. The highest BCUT2D eigenvalue weighted by molar-refractivity contribution is 7.91. The molecule has 0 aliphatic rings. The van der Waals surface area contributed by atoms with Crippen LogP contribution in [0.25, 0.3) is 11.6 Å². The highest BCUT2D eigenvalue weighted by atomic mass is 35.5. The monoisotopic (exact) mass is 436 g/mol. The van der Waals surface area contributed by atoms with E-state index in [-0.39, 0.29) is 0 Å². The summed E-state index contributed by atoms with van der Waals surface area (Å²) in [6.45, 7) is 4.22. The maximum absolute atomic E-state index is 12.6. The third kappa shape index (κ3) is 6.09. The van der Waals surface area contributed by atoms with Crippen LogP contribution in [0.15, 0.2) is 71.6 Å². The van der Waals surface area contributed by atoms with Crippen molar-refractivity contribution in [1.29, 1.82) is 0 Å². The lowest BCUT2D eigenvalue weighted by atomic mass is 9.97. The fraction of sp³-hybridized carbons (Fsp3) is 0.192. The van der Waals surface area contributed by atoms with Gasteiger partial charge in [0.1, 0.15) is 12.0 Å². The van der Waals surface area contributed by atoms with E-state index in [4.69, 9.17) is 11.6 Å². The molecule has 0 aliphatic carbocycles. The van der Waals surface area contributed by atoms with Gasteiger partial charge in [0.05, 0.1) is 0 Å². The zero-order chi connectivity index (χ0) is 21.5. The van der Waals surface area contributed by atoms with Crippen LogP contribution in [0, 0.1) is 13.8 Å². The molecule has 3 rings (SSSR count). The van der Waals surface area contributed by atoms with E-state index in [0.29, 0.717) is 16.3 Å². The van der Waals surface area contributed by atoms with Crippen molar-refractivity contribution in [2.75, 3.05) is 5.75 Å². The van der Waals surface area contributed by atoms with Gasteiger partial charge in [-0.05, 0) is 102 Å². The van der Waals surface area contributed by atoms with E-state index in [2.05, 4.69) is 44.2 Å². The van der Waals surface area contributed by atoms with Crippen molar-refractivity contribution in [3.05, 3.63) is 99.6 Å². The Kier molecular flexibility index (Phi) is 7.92. The van der Waals surface area contributed by atoms with Crippen molar-refractivity contribution in [3.63, 3.8) is 0 Å². The van der Waals surface area contributed by atoms with Crippen molar-refractivity contribution >= 4 is 40.7 Å². The molecule has 3 aromatic rings. The lowest BCUT2D eigenvalue weighted by molar-refractivity contribution is 0.112. The van der Waals surface area contributed by atoms with Gasteiger partial charge >= 0.3 is 0 Å². The van der Waals surface area contributed by atoms with Crippen LogP contribution in [-0.2, 0) is 11.2 Å². The minimum absolute atomic E-state index is 0.561. The Balaban J connectivity index is 1.76. The summed E-state index contributed by atoms with van der Waals surface area (Å²) in [6.07, 6.45) is 4.57. The number of aldehydes is 1. The molecule has 0 radical (unpaired) electrons. The predicted molar refractivity (Wildman–Crippen MR) is 128 cm³/mol. The molecule has 0 fully saturated rings. The van der Waals surface area contributed by atoms with Crippen molar-refractivity contribution in [3.8, 4) is 0 Å². The minimum Gasteiger partial charge on any atom is -0.611 e. The second-order valence-electron chi connectivity index (χ2n) is 7.36. The first-order valence-corrected chi connectivity index (χ1v) is 11.6. The number of hydrogen-bond acceptors (Lipinski definition) is 2. The third-order valence-corrected chi connectivity index (χ3v) is 6.81. The summed E-state index contributed by atoms with van der Waals surface area (Å²) in [5.41, 5.74) is 6.53. The Labute approximate surface area is 186 Å². The fourth-order valence-corrected chi connectivity index (χ4v) is 4.53. The van der Waals surface area contributed by atoms with Gasteiger partial charge in [-0.3, -0.25) is 4.79 Å². The number of carbonyl (C=O) groups is 1. The molecule has 30 heavy (non-hydrogen) atoms. The molecule has 0 spiro atoms. The normalized spacial score (nSPS) is 12.6. The van der Waals surface area contributed by atoms with Crippen LogP contribution < -0.4 is 0 Å². The van der Waals surface area contributed by atoms with Crippen molar-refractivity contribution in [2.45, 2.75) is 31.6 Å². The number of halogens is 1. The quantitative estimate of drug-likeness (QED) is 0.219. The van der Waals surface area contributed by atoms with E-state index in [1.165, 1.54) is 16.7 Å². The summed E-state index contributed by atoms with van der Waals surface area (Å²) >= 11 is 5.13. The molecule has 1 atom stereocenters. The van der Waals surface area contributed by atoms with Gasteiger partial charge in [0.25, 0.3) is 0 Å². The highest BCUT2D eigenvalue weighted by Gasteiger charge is 2.12. The largest absolute Gasteiger partial charge is 0.611 e. The summed E-state index contributed by atoms with van der Waals surface area (Å²) in [5.74, 6) is 0.561. The molecule has 0 bridgehead atoms. The van der Waals surface area contributed by atoms with Crippen molar-refractivity contribution < 1.29 is 9.35 Å². The number of hydrogen-bond donors (Lipinski definition) is 0. The number of allylic oxidation sites excluding steroid dienone is 1. The van der Waals surface area contributed by atoms with Gasteiger partial charge in [-0.15, -0.1) is 0 Å². The van der Waals surface area contributed by atoms with Crippen LogP contribution in [0.3, 0.4) is 0 Å². The Hall–Kier alpha value is -2.33. The molecule has 0 N–H and O–H groups in total. The summed E-state index contributed by atoms with van der Waals surface area (Å²) in [7, 11) is 0. The molecular weight excluding hydrogens is 412 g/mol. The Morgan fingerprint density at radius 3 is 2.37 bits per heavy atom. The lowest BCUT2D eigenvalue weighted by Crippen LogP contribution is -2.07. The van der Waals surface area contributed by atoms with Crippen LogP contribution >= 0.6 is 11.6 Å². The first-order chi connectivity index (χ1) is 14.5. The Morgan fingerprint density at radius 2 is 1.70 bits per heavy atom. The van der Waals surface area contributed by atoms with Crippen molar-refractivity contribution in [2.24, 2.45) is 0 Å². The Morgan fingerprint density at radius 1 is 0.967 bits per heavy atom. The molecule has 0 heterocycles. The number of benzene rings is 3. The maximum Gasteiger partial charge on any atom is 0.152 e. The Bertz CT molecular complexity index is 1040. The molecule has 0 saturated heterocycles. The second-order valence-corrected chi connectivity index (χ2v) is 9.37. The lowest BCUT2D eigenvalue weighted by Gasteiger charge is -2.13. The van der Waals surface area contributed by atoms with Gasteiger partial charge in [0.2, 0.25) is 0 Å². The van der Waals surface area contributed by atoms with Gasteiger partial charge in [-0.2, -0.15) is 0 Å². The molecule has 3 aromatic carbocycles. The molecule has 0 saturated carbocycles. The number of aryl methyl sites for hydroxylation is 2. The van der Waals surface area contributed by atoms with E-state index >= 15 is 0 Å². The molecular formula is C26H25ClO2S. The third-order valence-electron chi connectivity index (χ3n) is 5.12. The number of rotatable bonds is 8. The predicted octanol–water partition coefficient (Wildman–Crippen LogP) is 6.90. The van der Waals surface area contributed by atoms with Gasteiger partial charge in [-0.25, -0.2) is 0 Å². The topological polar surface area (TPSA) is 40.1 Å². The van der Waals surface area contributed by atoms with Crippen LogP contribution in [-0.4, -0.2) is 16.6 Å². The van der Waals surface area contributed by atoms with E-state index in [9.17, 15) is 9.35 Å². The van der Waals surface area contributed by atoms with Gasteiger partial charge in [0, 0.05) is 10.6 Å². The zero-order valence-electron chi connectivity index (χ0n) is 17.2. The molecule has 2 nitrogen and oxygen atoms in total. The maximum atomic E-state index is 12.6. The first-order valence-electron chi connectivity index (χ1n) is 9.93. The zero-order valence-corrected chi connectivity index (χ0v) is 18.8. The molecule has 4 heteroatoms.